The number of hydrogen-bond donors (Lipinski definition) is 1. The topological polar surface area (TPSA) is 67.4 Å². The van der Waals surface area contributed by atoms with Crippen molar-refractivity contribution in [3.63, 3.8) is 0 Å². The molecule has 1 N–H and O–H groups in total. The Labute approximate surface area is 129 Å². The molecule has 0 radical (unpaired) electrons. The number of carbonyl (C=O) groups excluding carboxylic acids is 1. The molecule has 0 aliphatic carbocycles. The van der Waals surface area contributed by atoms with E-state index in [4.69, 9.17) is 16.3 Å². The molecule has 2 rings (SSSR count). The molecule has 6 nitrogen and oxygen atoms in total. The number of aromatic nitrogens is 2. The summed E-state index contributed by atoms with van der Waals surface area (Å²) in [5, 5.41) is 3.09. The number of nitrogens with one attached hydrogen (secondary N) is 1. The maximum absolute atomic E-state index is 11.7. The first-order valence-electron chi connectivity index (χ1n) is 6.91. The van der Waals surface area contributed by atoms with Gasteiger partial charge in [0.2, 0.25) is 5.28 Å². The number of amides is 1. The van der Waals surface area contributed by atoms with Crippen LogP contribution in [0.3, 0.4) is 0 Å². The fourth-order valence-corrected chi connectivity index (χ4v) is 2.31. The Morgan fingerprint density at radius 3 is 2.52 bits per heavy atom. The first kappa shape index (κ1) is 15.8. The van der Waals surface area contributed by atoms with Crippen molar-refractivity contribution < 1.29 is 9.53 Å². The molecular weight excluding hydrogens is 292 g/mol. The van der Waals surface area contributed by atoms with Gasteiger partial charge < -0.3 is 15.0 Å². The lowest BCUT2D eigenvalue weighted by Gasteiger charge is -2.41. The summed E-state index contributed by atoms with van der Waals surface area (Å²) in [7, 11) is 0. The third-order valence-corrected chi connectivity index (χ3v) is 3.41. The highest BCUT2D eigenvalue weighted by molar-refractivity contribution is 6.28. The molecule has 0 saturated carbocycles. The van der Waals surface area contributed by atoms with E-state index < -0.39 is 5.60 Å². The highest BCUT2D eigenvalue weighted by Crippen LogP contribution is 2.25. The van der Waals surface area contributed by atoms with E-state index in [1.807, 2.05) is 34.6 Å². The van der Waals surface area contributed by atoms with Gasteiger partial charge in [-0.3, -0.25) is 0 Å². The second-order valence-corrected chi connectivity index (χ2v) is 6.61. The smallest absolute Gasteiger partial charge is 0.407 e. The number of hydrogen-bond acceptors (Lipinski definition) is 5. The molecule has 21 heavy (non-hydrogen) atoms. The van der Waals surface area contributed by atoms with E-state index in [0.717, 1.165) is 17.1 Å². The molecule has 1 amide bonds. The Balaban J connectivity index is 1.91. The van der Waals surface area contributed by atoms with Crippen LogP contribution in [0.25, 0.3) is 0 Å². The van der Waals surface area contributed by atoms with E-state index in [1.165, 1.54) is 0 Å². The first-order chi connectivity index (χ1) is 9.65. The average molecular weight is 313 g/mol. The monoisotopic (exact) mass is 312 g/mol. The molecular formula is C14H21ClN4O2. The lowest BCUT2D eigenvalue weighted by Crippen LogP contribution is -2.60. The molecule has 1 saturated heterocycles. The fraction of sp³-hybridized carbons (Fsp3) is 0.643. The van der Waals surface area contributed by atoms with E-state index in [-0.39, 0.29) is 17.4 Å². The lowest BCUT2D eigenvalue weighted by molar-refractivity contribution is 0.0496. The van der Waals surface area contributed by atoms with Gasteiger partial charge in [-0.15, -0.1) is 0 Å². The number of rotatable bonds is 2. The zero-order valence-corrected chi connectivity index (χ0v) is 13.8. The van der Waals surface area contributed by atoms with E-state index in [9.17, 15) is 4.79 Å². The third kappa shape index (κ3) is 3.97. The number of anilines is 1. The molecule has 2 heterocycles. The number of halogens is 1. The Morgan fingerprint density at radius 2 is 1.95 bits per heavy atom. The van der Waals surface area contributed by atoms with Crippen LogP contribution in [-0.4, -0.2) is 40.8 Å². The van der Waals surface area contributed by atoms with Gasteiger partial charge in [0.25, 0.3) is 0 Å². The minimum Gasteiger partial charge on any atom is -0.444 e. The number of alkyl carbamates (subject to hydrolysis) is 1. The molecule has 0 aromatic carbocycles. The molecule has 1 aromatic heterocycles. The standard InChI is InChI=1S/C14H21ClN4O2/c1-8-9(2)16-12(15)18-11(8)19-6-10(7-19)17-13(20)21-14(3,4)5/h10H,6-7H2,1-5H3,(H,17,20). The Bertz CT molecular complexity index is 551. The van der Waals surface area contributed by atoms with Gasteiger partial charge in [-0.1, -0.05) is 0 Å². The van der Waals surface area contributed by atoms with Gasteiger partial charge in [-0.25, -0.2) is 14.8 Å². The molecule has 1 aliphatic rings. The van der Waals surface area contributed by atoms with Crippen molar-refractivity contribution in [1.29, 1.82) is 0 Å². The molecule has 116 valence electrons. The Morgan fingerprint density at radius 1 is 1.33 bits per heavy atom. The lowest BCUT2D eigenvalue weighted by atomic mass is 10.1. The maximum atomic E-state index is 11.7. The van der Waals surface area contributed by atoms with Crippen LogP contribution in [0.15, 0.2) is 0 Å². The molecule has 0 bridgehead atoms. The van der Waals surface area contributed by atoms with Gasteiger partial charge in [0.1, 0.15) is 11.4 Å². The summed E-state index contributed by atoms with van der Waals surface area (Å²) < 4.78 is 5.23. The van der Waals surface area contributed by atoms with Crippen molar-refractivity contribution in [3.05, 3.63) is 16.5 Å². The quantitative estimate of drug-likeness (QED) is 0.850. The summed E-state index contributed by atoms with van der Waals surface area (Å²) in [6, 6.07) is 0.0632. The van der Waals surface area contributed by atoms with E-state index in [2.05, 4.69) is 20.2 Å². The van der Waals surface area contributed by atoms with Crippen molar-refractivity contribution >= 4 is 23.5 Å². The molecule has 0 unspecified atom stereocenters. The summed E-state index contributed by atoms with van der Waals surface area (Å²) >= 11 is 5.90. The third-order valence-electron chi connectivity index (χ3n) is 3.24. The molecule has 7 heteroatoms. The molecule has 1 fully saturated rings. The molecule has 0 spiro atoms. The van der Waals surface area contributed by atoms with Crippen molar-refractivity contribution in [2.75, 3.05) is 18.0 Å². The zero-order valence-electron chi connectivity index (χ0n) is 13.0. The molecule has 1 aliphatic heterocycles. The van der Waals surface area contributed by atoms with E-state index in [1.54, 1.807) is 0 Å². The van der Waals surface area contributed by atoms with E-state index >= 15 is 0 Å². The van der Waals surface area contributed by atoms with E-state index in [0.29, 0.717) is 13.1 Å². The number of nitrogens with zero attached hydrogens (tertiary/aromatic N) is 3. The Hall–Kier alpha value is -1.56. The minimum absolute atomic E-state index is 0.0632. The van der Waals surface area contributed by atoms with Crippen molar-refractivity contribution in [1.82, 2.24) is 15.3 Å². The van der Waals surface area contributed by atoms with Crippen LogP contribution < -0.4 is 10.2 Å². The maximum Gasteiger partial charge on any atom is 0.407 e. The van der Waals surface area contributed by atoms with Gasteiger partial charge in [-0.05, 0) is 46.2 Å². The van der Waals surface area contributed by atoms with Crippen LogP contribution >= 0.6 is 11.6 Å². The largest absolute Gasteiger partial charge is 0.444 e. The predicted molar refractivity (Wildman–Crippen MR) is 81.9 cm³/mol. The van der Waals surface area contributed by atoms with Gasteiger partial charge >= 0.3 is 6.09 Å². The highest BCUT2D eigenvalue weighted by Gasteiger charge is 2.31. The zero-order chi connectivity index (χ0) is 15.8. The van der Waals surface area contributed by atoms with Crippen LogP contribution in [0.2, 0.25) is 5.28 Å². The number of carbonyl (C=O) groups is 1. The summed E-state index contributed by atoms with van der Waals surface area (Å²) in [4.78, 5) is 22.1. The van der Waals surface area contributed by atoms with Crippen LogP contribution in [-0.2, 0) is 4.74 Å². The predicted octanol–water partition coefficient (Wildman–Crippen LogP) is 2.46. The normalized spacial score (nSPS) is 15.6. The summed E-state index contributed by atoms with van der Waals surface area (Å²) in [5.74, 6) is 0.828. The van der Waals surface area contributed by atoms with Gasteiger partial charge in [0.15, 0.2) is 0 Å². The van der Waals surface area contributed by atoms with Crippen LogP contribution in [0.5, 0.6) is 0 Å². The second-order valence-electron chi connectivity index (χ2n) is 6.27. The second kappa shape index (κ2) is 5.67. The minimum atomic E-state index is -0.485. The van der Waals surface area contributed by atoms with Gasteiger partial charge in [-0.2, -0.15) is 0 Å². The first-order valence-corrected chi connectivity index (χ1v) is 7.28. The number of aryl methyl sites for hydroxylation is 1. The Kier molecular flexibility index (Phi) is 4.27. The van der Waals surface area contributed by atoms with Gasteiger partial charge in [0, 0.05) is 24.3 Å². The van der Waals surface area contributed by atoms with Gasteiger partial charge in [0.05, 0.1) is 6.04 Å². The number of ether oxygens (including phenoxy) is 1. The summed E-state index contributed by atoms with van der Waals surface area (Å²) in [6.45, 7) is 10.8. The van der Waals surface area contributed by atoms with Crippen LogP contribution in [0.4, 0.5) is 10.6 Å². The van der Waals surface area contributed by atoms with Crippen LogP contribution in [0, 0.1) is 13.8 Å². The highest BCUT2D eigenvalue weighted by atomic mass is 35.5. The van der Waals surface area contributed by atoms with Crippen molar-refractivity contribution in [2.24, 2.45) is 0 Å². The SMILES string of the molecule is Cc1nc(Cl)nc(N2CC(NC(=O)OC(C)(C)C)C2)c1C. The fourth-order valence-electron chi connectivity index (χ4n) is 2.11. The van der Waals surface area contributed by atoms with Crippen molar-refractivity contribution in [3.8, 4) is 0 Å². The summed E-state index contributed by atoms with van der Waals surface area (Å²) in [6.07, 6.45) is -0.388. The summed E-state index contributed by atoms with van der Waals surface area (Å²) in [5.41, 5.74) is 1.39. The van der Waals surface area contributed by atoms with Crippen LogP contribution in [0.1, 0.15) is 32.0 Å². The molecule has 1 aromatic rings. The van der Waals surface area contributed by atoms with Crippen molar-refractivity contribution in [2.45, 2.75) is 46.3 Å². The molecule has 0 atom stereocenters. The average Bonchev–Trinajstić information content (AvgIpc) is 2.26.